The van der Waals surface area contributed by atoms with Crippen molar-refractivity contribution in [2.45, 2.75) is 30.0 Å². The van der Waals surface area contributed by atoms with Crippen LogP contribution in [0, 0.1) is 11.7 Å². The minimum absolute atomic E-state index is 0.113. The molecule has 0 atom stereocenters. The fourth-order valence-corrected chi connectivity index (χ4v) is 6.95. The Labute approximate surface area is 187 Å². The minimum Gasteiger partial charge on any atom is -0.341 e. The van der Waals surface area contributed by atoms with Crippen LogP contribution in [0.2, 0.25) is 0 Å². The maximum atomic E-state index is 13.1. The quantitative estimate of drug-likeness (QED) is 0.681. The number of sulfonamides is 1. The number of hydrogen-bond donors (Lipinski definition) is 0. The lowest BCUT2D eigenvalue weighted by Gasteiger charge is -2.33. The molecule has 4 rings (SSSR count). The Morgan fingerprint density at radius 3 is 2.42 bits per heavy atom. The van der Waals surface area contributed by atoms with Crippen LogP contribution in [0.4, 0.5) is 4.39 Å². The molecule has 3 heterocycles. The molecule has 0 saturated carbocycles. The molecule has 9 heteroatoms. The summed E-state index contributed by atoms with van der Waals surface area (Å²) in [5, 5.41) is 1.77. The van der Waals surface area contributed by atoms with Crippen molar-refractivity contribution in [3.8, 4) is 0 Å². The van der Waals surface area contributed by atoms with Crippen LogP contribution in [0.3, 0.4) is 0 Å². The molecule has 0 N–H and O–H groups in total. The van der Waals surface area contributed by atoms with Gasteiger partial charge >= 0.3 is 0 Å². The van der Waals surface area contributed by atoms with Crippen LogP contribution in [-0.4, -0.2) is 67.7 Å². The fourth-order valence-electron chi connectivity index (χ4n) is 4.34. The van der Waals surface area contributed by atoms with Crippen LogP contribution in [0.15, 0.2) is 46.0 Å². The number of nitrogens with zero attached hydrogens (tertiary/aromatic N) is 3. The zero-order valence-corrected chi connectivity index (χ0v) is 19.1. The van der Waals surface area contributed by atoms with Gasteiger partial charge in [0.1, 0.15) is 10.0 Å². The van der Waals surface area contributed by atoms with E-state index >= 15 is 0 Å². The summed E-state index contributed by atoms with van der Waals surface area (Å²) in [7, 11) is -3.44. The normalized spacial score (nSPS) is 20.0. The van der Waals surface area contributed by atoms with E-state index in [1.807, 2.05) is 4.90 Å². The standard InChI is InChI=1S/C22H28FN3O3S2/c23-20-6-4-18(5-7-20)17-24-10-2-11-25(15-14-24)22(27)19-8-12-26(13-9-19)31(28,29)21-3-1-16-30-21/h1,3-7,16,19H,2,8-15,17H2. The molecule has 0 unspecified atom stereocenters. The number of piperidine rings is 1. The second kappa shape index (κ2) is 9.77. The first-order valence-electron chi connectivity index (χ1n) is 10.7. The number of rotatable bonds is 5. The lowest BCUT2D eigenvalue weighted by molar-refractivity contribution is -0.136. The average Bonchev–Trinajstić information content (AvgIpc) is 3.23. The van der Waals surface area contributed by atoms with Gasteiger partial charge < -0.3 is 4.90 Å². The molecule has 6 nitrogen and oxygen atoms in total. The maximum absolute atomic E-state index is 13.1. The van der Waals surface area contributed by atoms with Crippen LogP contribution in [-0.2, 0) is 21.4 Å². The summed E-state index contributed by atoms with van der Waals surface area (Å²) >= 11 is 1.23. The predicted octanol–water partition coefficient (Wildman–Crippen LogP) is 3.02. The Hall–Kier alpha value is -1.81. The average molecular weight is 466 g/mol. The van der Waals surface area contributed by atoms with Gasteiger partial charge in [0, 0.05) is 51.7 Å². The van der Waals surface area contributed by atoms with Crippen molar-refractivity contribution in [1.82, 2.24) is 14.1 Å². The highest BCUT2D eigenvalue weighted by atomic mass is 32.2. The smallest absolute Gasteiger partial charge is 0.252 e. The second-order valence-electron chi connectivity index (χ2n) is 8.19. The van der Waals surface area contributed by atoms with Gasteiger partial charge in [-0.1, -0.05) is 18.2 Å². The summed E-state index contributed by atoms with van der Waals surface area (Å²) in [6.45, 7) is 4.62. The third-order valence-corrected chi connectivity index (χ3v) is 9.38. The molecule has 0 aliphatic carbocycles. The van der Waals surface area contributed by atoms with Gasteiger partial charge in [0.05, 0.1) is 0 Å². The monoisotopic (exact) mass is 465 g/mol. The Bertz CT molecular complexity index is 972. The molecule has 1 aromatic heterocycles. The highest BCUT2D eigenvalue weighted by Gasteiger charge is 2.34. The molecule has 2 aliphatic rings. The SMILES string of the molecule is O=C(C1CCN(S(=O)(=O)c2cccs2)CC1)N1CCCN(Cc2ccc(F)cc2)CC1. The van der Waals surface area contributed by atoms with Gasteiger partial charge in [-0.05, 0) is 48.4 Å². The molecule has 0 radical (unpaired) electrons. The van der Waals surface area contributed by atoms with Gasteiger partial charge in [-0.15, -0.1) is 11.3 Å². The summed E-state index contributed by atoms with van der Waals surface area (Å²) in [4.78, 5) is 17.3. The van der Waals surface area contributed by atoms with Gasteiger partial charge in [0.2, 0.25) is 5.91 Å². The van der Waals surface area contributed by atoms with E-state index in [2.05, 4.69) is 4.90 Å². The van der Waals surface area contributed by atoms with Crippen LogP contribution >= 0.6 is 11.3 Å². The Balaban J connectivity index is 1.28. The predicted molar refractivity (Wildman–Crippen MR) is 119 cm³/mol. The summed E-state index contributed by atoms with van der Waals surface area (Å²) in [6.07, 6.45) is 2.04. The molecular weight excluding hydrogens is 437 g/mol. The van der Waals surface area contributed by atoms with Crippen molar-refractivity contribution in [3.63, 3.8) is 0 Å². The molecule has 0 bridgehead atoms. The number of thiophene rings is 1. The number of amides is 1. The van der Waals surface area contributed by atoms with Gasteiger partial charge in [-0.2, -0.15) is 4.31 Å². The lowest BCUT2D eigenvalue weighted by atomic mass is 9.96. The van der Waals surface area contributed by atoms with Crippen LogP contribution in [0.25, 0.3) is 0 Å². The van der Waals surface area contributed by atoms with E-state index in [9.17, 15) is 17.6 Å². The van der Waals surface area contributed by atoms with E-state index in [1.54, 1.807) is 29.6 Å². The number of carbonyl (C=O) groups excluding carboxylic acids is 1. The van der Waals surface area contributed by atoms with Crippen molar-refractivity contribution in [1.29, 1.82) is 0 Å². The topological polar surface area (TPSA) is 60.9 Å². The highest BCUT2D eigenvalue weighted by molar-refractivity contribution is 7.91. The molecule has 1 aromatic carbocycles. The van der Waals surface area contributed by atoms with Gasteiger partial charge in [0.15, 0.2) is 0 Å². The molecule has 0 spiro atoms. The summed E-state index contributed by atoms with van der Waals surface area (Å²) in [6, 6.07) is 9.95. The molecular formula is C22H28FN3O3S2. The Morgan fingerprint density at radius 2 is 1.74 bits per heavy atom. The number of hydrogen-bond acceptors (Lipinski definition) is 5. The van der Waals surface area contributed by atoms with E-state index in [-0.39, 0.29) is 17.6 Å². The number of benzene rings is 1. The van der Waals surface area contributed by atoms with Gasteiger partial charge in [-0.3, -0.25) is 9.69 Å². The fraction of sp³-hybridized carbons (Fsp3) is 0.500. The Morgan fingerprint density at radius 1 is 1.00 bits per heavy atom. The van der Waals surface area contributed by atoms with E-state index in [1.165, 1.54) is 27.8 Å². The zero-order chi connectivity index (χ0) is 21.8. The lowest BCUT2D eigenvalue weighted by Crippen LogP contribution is -2.45. The van der Waals surface area contributed by atoms with E-state index in [0.29, 0.717) is 36.7 Å². The first kappa shape index (κ1) is 22.4. The Kier molecular flexibility index (Phi) is 7.05. The summed E-state index contributed by atoms with van der Waals surface area (Å²) in [5.74, 6) is -0.194. The zero-order valence-electron chi connectivity index (χ0n) is 17.5. The number of carbonyl (C=O) groups is 1. The maximum Gasteiger partial charge on any atom is 0.252 e. The van der Waals surface area contributed by atoms with Crippen molar-refractivity contribution in [3.05, 3.63) is 53.2 Å². The summed E-state index contributed by atoms with van der Waals surface area (Å²) in [5.41, 5.74) is 1.07. The molecule has 2 aromatic rings. The first-order chi connectivity index (χ1) is 14.9. The third kappa shape index (κ3) is 5.34. The molecule has 2 aliphatic heterocycles. The van der Waals surface area contributed by atoms with Crippen molar-refractivity contribution in [2.75, 3.05) is 39.3 Å². The largest absolute Gasteiger partial charge is 0.341 e. The highest BCUT2D eigenvalue weighted by Crippen LogP contribution is 2.27. The molecule has 168 valence electrons. The van der Waals surface area contributed by atoms with Crippen molar-refractivity contribution >= 4 is 27.3 Å². The molecule has 1 amide bonds. The molecule has 2 saturated heterocycles. The first-order valence-corrected chi connectivity index (χ1v) is 13.0. The summed E-state index contributed by atoms with van der Waals surface area (Å²) < 4.78 is 40.4. The van der Waals surface area contributed by atoms with Gasteiger partial charge in [-0.25, -0.2) is 12.8 Å². The molecule has 31 heavy (non-hydrogen) atoms. The van der Waals surface area contributed by atoms with Crippen molar-refractivity contribution < 1.29 is 17.6 Å². The van der Waals surface area contributed by atoms with E-state index < -0.39 is 10.0 Å². The second-order valence-corrected chi connectivity index (χ2v) is 11.3. The van der Waals surface area contributed by atoms with Crippen LogP contribution in [0.5, 0.6) is 0 Å². The van der Waals surface area contributed by atoms with Crippen LogP contribution < -0.4 is 0 Å². The van der Waals surface area contributed by atoms with Crippen LogP contribution in [0.1, 0.15) is 24.8 Å². The van der Waals surface area contributed by atoms with E-state index in [4.69, 9.17) is 0 Å². The third-order valence-electron chi connectivity index (χ3n) is 6.11. The minimum atomic E-state index is -3.44. The van der Waals surface area contributed by atoms with E-state index in [0.717, 1.165) is 38.2 Å². The molecule has 2 fully saturated rings. The number of halogens is 1. The van der Waals surface area contributed by atoms with Crippen molar-refractivity contribution in [2.24, 2.45) is 5.92 Å². The van der Waals surface area contributed by atoms with Gasteiger partial charge in [0.25, 0.3) is 10.0 Å².